The molecule has 3 rings (SSSR count). The smallest absolute Gasteiger partial charge is 0.339 e. The van der Waals surface area contributed by atoms with Crippen LogP contribution in [0.25, 0.3) is 10.2 Å². The fourth-order valence-corrected chi connectivity index (χ4v) is 3.00. The number of carbonyl (C=O) groups excluding carboxylic acids is 1. The summed E-state index contributed by atoms with van der Waals surface area (Å²) < 4.78 is 6.40. The normalized spacial score (nSPS) is 10.7. The number of nitrogens with zero attached hydrogens (tertiary/aromatic N) is 1. The van der Waals surface area contributed by atoms with Gasteiger partial charge in [0.2, 0.25) is 0 Å². The Balaban J connectivity index is 1.79. The van der Waals surface area contributed by atoms with Crippen molar-refractivity contribution in [3.63, 3.8) is 0 Å². The number of esters is 1. The summed E-state index contributed by atoms with van der Waals surface area (Å²) in [6.45, 7) is -0.0821. The molecule has 1 N–H and O–H groups in total. The summed E-state index contributed by atoms with van der Waals surface area (Å²) >= 11 is 4.61. The third-order valence-electron chi connectivity index (χ3n) is 2.80. The number of aromatic nitrogens is 2. The molecule has 0 saturated carbocycles. The zero-order chi connectivity index (χ0) is 14.8. The average molecular weight is 365 g/mol. The highest BCUT2D eigenvalue weighted by Gasteiger charge is 2.12. The molecular formula is C14H9BrN2O3S. The van der Waals surface area contributed by atoms with Crippen LogP contribution in [0.4, 0.5) is 0 Å². The lowest BCUT2D eigenvalue weighted by Gasteiger charge is -2.05. The maximum atomic E-state index is 12.0. The maximum Gasteiger partial charge on any atom is 0.339 e. The molecule has 0 spiro atoms. The van der Waals surface area contributed by atoms with Crippen LogP contribution in [0.2, 0.25) is 0 Å². The number of nitrogens with one attached hydrogen (secondary N) is 1. The molecule has 3 aromatic rings. The van der Waals surface area contributed by atoms with Crippen LogP contribution in [0.1, 0.15) is 16.2 Å². The van der Waals surface area contributed by atoms with Crippen LogP contribution in [-0.4, -0.2) is 15.9 Å². The Morgan fingerprint density at radius 1 is 1.33 bits per heavy atom. The molecule has 5 nitrogen and oxygen atoms in total. The van der Waals surface area contributed by atoms with Crippen molar-refractivity contribution in [3.05, 3.63) is 61.9 Å². The lowest BCUT2D eigenvalue weighted by atomic mass is 10.2. The number of fused-ring (bicyclic) bond motifs is 1. The molecule has 0 saturated heterocycles. The molecule has 0 radical (unpaired) electrons. The van der Waals surface area contributed by atoms with Gasteiger partial charge in [0.1, 0.15) is 17.1 Å². The quantitative estimate of drug-likeness (QED) is 0.724. The zero-order valence-corrected chi connectivity index (χ0v) is 13.0. The van der Waals surface area contributed by atoms with E-state index in [4.69, 9.17) is 4.74 Å². The zero-order valence-electron chi connectivity index (χ0n) is 10.6. The molecule has 0 atom stereocenters. The lowest BCUT2D eigenvalue weighted by Crippen LogP contribution is -2.13. The van der Waals surface area contributed by atoms with Crippen molar-refractivity contribution in [1.29, 1.82) is 0 Å². The number of carbonyl (C=O) groups is 1. The summed E-state index contributed by atoms with van der Waals surface area (Å²) in [5.74, 6) is -0.151. The highest BCUT2D eigenvalue weighted by molar-refractivity contribution is 9.10. The Labute approximate surface area is 131 Å². The van der Waals surface area contributed by atoms with Crippen molar-refractivity contribution in [2.45, 2.75) is 6.61 Å². The van der Waals surface area contributed by atoms with Gasteiger partial charge in [-0.15, -0.1) is 11.3 Å². The van der Waals surface area contributed by atoms with E-state index < -0.39 is 5.97 Å². The molecule has 21 heavy (non-hydrogen) atoms. The molecule has 2 aromatic heterocycles. The summed E-state index contributed by atoms with van der Waals surface area (Å²) in [6.07, 6.45) is 0. The van der Waals surface area contributed by atoms with E-state index in [9.17, 15) is 9.59 Å². The van der Waals surface area contributed by atoms with Crippen LogP contribution in [0.15, 0.2) is 45.0 Å². The van der Waals surface area contributed by atoms with Crippen LogP contribution in [0, 0.1) is 0 Å². The molecule has 0 unspecified atom stereocenters. The van der Waals surface area contributed by atoms with E-state index in [1.807, 2.05) is 6.07 Å². The van der Waals surface area contributed by atoms with Gasteiger partial charge in [0.25, 0.3) is 5.56 Å². The number of halogens is 1. The number of hydrogen-bond donors (Lipinski definition) is 1. The second-order valence-electron chi connectivity index (χ2n) is 4.20. The number of benzene rings is 1. The van der Waals surface area contributed by atoms with E-state index in [2.05, 4.69) is 25.9 Å². The second kappa shape index (κ2) is 5.79. The monoisotopic (exact) mass is 364 g/mol. The van der Waals surface area contributed by atoms with Gasteiger partial charge in [0, 0.05) is 4.47 Å². The predicted molar refractivity (Wildman–Crippen MR) is 83.5 cm³/mol. The first kappa shape index (κ1) is 14.0. The standard InChI is InChI=1S/C14H9BrN2O3S/c15-9-4-2-1-3-8(9)14(19)20-7-11-16-10-5-6-21-12(10)13(18)17-11/h1-6H,7H2,(H,16,17,18). The molecule has 1 aromatic carbocycles. The summed E-state index contributed by atoms with van der Waals surface area (Å²) in [6, 6.07) is 8.73. The van der Waals surface area contributed by atoms with Gasteiger partial charge >= 0.3 is 5.97 Å². The van der Waals surface area contributed by atoms with Crippen molar-refractivity contribution in [2.24, 2.45) is 0 Å². The number of H-pyrrole nitrogens is 1. The molecule has 0 bridgehead atoms. The van der Waals surface area contributed by atoms with E-state index >= 15 is 0 Å². The first-order valence-corrected chi connectivity index (χ1v) is 7.70. The molecular weight excluding hydrogens is 356 g/mol. The van der Waals surface area contributed by atoms with Gasteiger partial charge in [-0.25, -0.2) is 9.78 Å². The van der Waals surface area contributed by atoms with Crippen molar-refractivity contribution in [2.75, 3.05) is 0 Å². The second-order valence-corrected chi connectivity index (χ2v) is 5.97. The fraction of sp³-hybridized carbons (Fsp3) is 0.0714. The SMILES string of the molecule is O=C(OCc1nc2ccsc2c(=O)[nH]1)c1ccccc1Br. The van der Waals surface area contributed by atoms with Gasteiger partial charge in [-0.3, -0.25) is 4.79 Å². The highest BCUT2D eigenvalue weighted by Crippen LogP contribution is 2.17. The van der Waals surface area contributed by atoms with Crippen molar-refractivity contribution >= 4 is 43.5 Å². The van der Waals surface area contributed by atoms with Crippen LogP contribution in [0.5, 0.6) is 0 Å². The lowest BCUT2D eigenvalue weighted by molar-refractivity contribution is 0.0461. The Morgan fingerprint density at radius 3 is 2.95 bits per heavy atom. The Kier molecular flexibility index (Phi) is 3.85. The third kappa shape index (κ3) is 2.88. The van der Waals surface area contributed by atoms with Crippen LogP contribution < -0.4 is 5.56 Å². The number of thiophene rings is 1. The third-order valence-corrected chi connectivity index (χ3v) is 4.39. The molecule has 106 valence electrons. The van der Waals surface area contributed by atoms with Crippen LogP contribution in [-0.2, 0) is 11.3 Å². The average Bonchev–Trinajstić information content (AvgIpc) is 2.94. The summed E-state index contributed by atoms with van der Waals surface area (Å²) in [5, 5.41) is 1.80. The highest BCUT2D eigenvalue weighted by atomic mass is 79.9. The summed E-state index contributed by atoms with van der Waals surface area (Å²) in [5.41, 5.74) is 0.814. The Hall–Kier alpha value is -1.99. The minimum atomic E-state index is -0.476. The molecule has 0 fully saturated rings. The van der Waals surface area contributed by atoms with Crippen molar-refractivity contribution in [3.8, 4) is 0 Å². The topological polar surface area (TPSA) is 72.0 Å². The van der Waals surface area contributed by atoms with Gasteiger partial charge in [0.15, 0.2) is 0 Å². The van der Waals surface area contributed by atoms with Crippen molar-refractivity contribution in [1.82, 2.24) is 9.97 Å². The first-order chi connectivity index (χ1) is 10.1. The molecule has 0 aliphatic rings. The van der Waals surface area contributed by atoms with Crippen LogP contribution >= 0.6 is 27.3 Å². The number of ether oxygens (including phenoxy) is 1. The van der Waals surface area contributed by atoms with E-state index in [0.717, 1.165) is 0 Å². The van der Waals surface area contributed by atoms with Gasteiger partial charge in [-0.2, -0.15) is 0 Å². The number of hydrogen-bond acceptors (Lipinski definition) is 5. The molecule has 2 heterocycles. The van der Waals surface area contributed by atoms with Gasteiger partial charge in [0.05, 0.1) is 11.1 Å². The van der Waals surface area contributed by atoms with Crippen LogP contribution in [0.3, 0.4) is 0 Å². The maximum absolute atomic E-state index is 12.0. The Bertz CT molecular complexity index is 872. The molecule has 0 amide bonds. The number of rotatable bonds is 3. The molecule has 0 aliphatic heterocycles. The summed E-state index contributed by atoms with van der Waals surface area (Å²) in [7, 11) is 0. The number of aromatic amines is 1. The predicted octanol–water partition coefficient (Wildman–Crippen LogP) is 3.10. The molecule has 0 aliphatic carbocycles. The van der Waals surface area contributed by atoms with Gasteiger partial charge < -0.3 is 9.72 Å². The minimum Gasteiger partial charge on any atom is -0.454 e. The fourth-order valence-electron chi connectivity index (χ4n) is 1.83. The van der Waals surface area contributed by atoms with Gasteiger partial charge in [-0.1, -0.05) is 12.1 Å². The Morgan fingerprint density at radius 2 is 2.14 bits per heavy atom. The first-order valence-electron chi connectivity index (χ1n) is 6.03. The summed E-state index contributed by atoms with van der Waals surface area (Å²) in [4.78, 5) is 30.6. The van der Waals surface area contributed by atoms with E-state index in [0.29, 0.717) is 26.1 Å². The van der Waals surface area contributed by atoms with E-state index in [1.54, 1.807) is 29.6 Å². The largest absolute Gasteiger partial charge is 0.454 e. The molecule has 7 heteroatoms. The van der Waals surface area contributed by atoms with Crippen molar-refractivity contribution < 1.29 is 9.53 Å². The van der Waals surface area contributed by atoms with E-state index in [1.165, 1.54) is 11.3 Å². The van der Waals surface area contributed by atoms with E-state index in [-0.39, 0.29) is 12.2 Å². The minimum absolute atomic E-state index is 0.0821. The van der Waals surface area contributed by atoms with Gasteiger partial charge in [-0.05, 0) is 39.5 Å².